The molecule has 1 fully saturated rings. The van der Waals surface area contributed by atoms with Gasteiger partial charge < -0.3 is 29.6 Å². The SMILES string of the molecule is CNC(=O)Nc1ccc2c(c1)C(=O)C(=Cc1c(C)n(CCCN3CCCC3)c3ccc(OC)cc13)O2. The van der Waals surface area contributed by atoms with Crippen LogP contribution in [0.2, 0.25) is 0 Å². The third kappa shape index (κ3) is 4.56. The Hall–Kier alpha value is -3.78. The van der Waals surface area contributed by atoms with Crippen LogP contribution in [0.4, 0.5) is 10.5 Å². The van der Waals surface area contributed by atoms with Gasteiger partial charge in [-0.05, 0) is 88.3 Å². The van der Waals surface area contributed by atoms with E-state index in [2.05, 4.69) is 33.1 Å². The highest BCUT2D eigenvalue weighted by Gasteiger charge is 2.29. The summed E-state index contributed by atoms with van der Waals surface area (Å²) in [7, 11) is 3.20. The molecule has 1 aromatic heterocycles. The molecule has 2 N–H and O–H groups in total. The number of nitrogens with zero attached hydrogens (tertiary/aromatic N) is 2. The molecular formula is C28H32N4O4. The van der Waals surface area contributed by atoms with Crippen LogP contribution in [0.3, 0.4) is 0 Å². The van der Waals surface area contributed by atoms with E-state index in [0.29, 0.717) is 17.0 Å². The molecular weight excluding hydrogens is 456 g/mol. The van der Waals surface area contributed by atoms with E-state index in [4.69, 9.17) is 9.47 Å². The van der Waals surface area contributed by atoms with Gasteiger partial charge in [0.1, 0.15) is 11.5 Å². The lowest BCUT2D eigenvalue weighted by atomic mass is 10.1. The van der Waals surface area contributed by atoms with Gasteiger partial charge in [0.15, 0.2) is 5.76 Å². The molecule has 8 heteroatoms. The second-order valence-corrected chi connectivity index (χ2v) is 9.29. The first-order valence-electron chi connectivity index (χ1n) is 12.4. The van der Waals surface area contributed by atoms with Crippen molar-refractivity contribution in [2.75, 3.05) is 39.1 Å². The number of ether oxygens (including phenoxy) is 2. The number of fused-ring (bicyclic) bond motifs is 2. The van der Waals surface area contributed by atoms with Gasteiger partial charge >= 0.3 is 6.03 Å². The molecule has 0 radical (unpaired) electrons. The van der Waals surface area contributed by atoms with Crippen LogP contribution in [0.1, 0.15) is 40.9 Å². The number of carbonyl (C=O) groups excluding carboxylic acids is 2. The topological polar surface area (TPSA) is 84.8 Å². The number of carbonyl (C=O) groups is 2. The van der Waals surface area contributed by atoms with Crippen molar-refractivity contribution in [3.63, 3.8) is 0 Å². The number of hydrogen-bond acceptors (Lipinski definition) is 5. The molecule has 2 aromatic carbocycles. The summed E-state index contributed by atoms with van der Waals surface area (Å²) in [6.45, 7) is 6.47. The summed E-state index contributed by atoms with van der Waals surface area (Å²) in [5.41, 5.74) is 4.11. The van der Waals surface area contributed by atoms with Crippen molar-refractivity contribution in [3.8, 4) is 11.5 Å². The minimum absolute atomic E-state index is 0.206. The lowest BCUT2D eigenvalue weighted by molar-refractivity contribution is 0.101. The van der Waals surface area contributed by atoms with Crippen molar-refractivity contribution in [3.05, 3.63) is 59.0 Å². The van der Waals surface area contributed by atoms with Crippen LogP contribution >= 0.6 is 0 Å². The molecule has 0 aliphatic carbocycles. The zero-order chi connectivity index (χ0) is 25.2. The van der Waals surface area contributed by atoms with Crippen LogP contribution in [-0.4, -0.2) is 55.1 Å². The summed E-state index contributed by atoms with van der Waals surface area (Å²) in [6.07, 6.45) is 5.49. The Morgan fingerprint density at radius 3 is 2.69 bits per heavy atom. The first-order chi connectivity index (χ1) is 17.5. The molecule has 2 aliphatic heterocycles. The summed E-state index contributed by atoms with van der Waals surface area (Å²) in [4.78, 5) is 27.4. The van der Waals surface area contributed by atoms with E-state index in [9.17, 15) is 9.59 Å². The van der Waals surface area contributed by atoms with E-state index in [1.54, 1.807) is 25.3 Å². The smallest absolute Gasteiger partial charge is 0.318 e. The molecule has 2 aliphatic rings. The number of aryl methyl sites for hydroxylation is 1. The maximum Gasteiger partial charge on any atom is 0.318 e. The largest absolute Gasteiger partial charge is 0.497 e. The van der Waals surface area contributed by atoms with E-state index in [0.717, 1.165) is 47.4 Å². The van der Waals surface area contributed by atoms with Gasteiger partial charge in [0.05, 0.1) is 12.7 Å². The van der Waals surface area contributed by atoms with Crippen molar-refractivity contribution in [2.45, 2.75) is 32.7 Å². The lowest BCUT2D eigenvalue weighted by Gasteiger charge is -2.15. The molecule has 3 aromatic rings. The van der Waals surface area contributed by atoms with E-state index in [1.807, 2.05) is 18.2 Å². The van der Waals surface area contributed by atoms with Crippen molar-refractivity contribution in [2.24, 2.45) is 0 Å². The van der Waals surface area contributed by atoms with Gasteiger partial charge in [-0.1, -0.05) is 0 Å². The zero-order valence-corrected chi connectivity index (χ0v) is 21.0. The molecule has 0 unspecified atom stereocenters. The fourth-order valence-electron chi connectivity index (χ4n) is 5.13. The number of allylic oxidation sites excluding steroid dienone is 1. The molecule has 188 valence electrons. The molecule has 0 saturated carbocycles. The second kappa shape index (κ2) is 10.1. The van der Waals surface area contributed by atoms with E-state index in [1.165, 1.54) is 33.0 Å². The van der Waals surface area contributed by atoms with Crippen LogP contribution in [0, 0.1) is 6.92 Å². The van der Waals surface area contributed by atoms with Crippen molar-refractivity contribution in [1.82, 2.24) is 14.8 Å². The van der Waals surface area contributed by atoms with Gasteiger partial charge in [-0.3, -0.25) is 4.79 Å². The van der Waals surface area contributed by atoms with Crippen molar-refractivity contribution in [1.29, 1.82) is 0 Å². The highest BCUT2D eigenvalue weighted by molar-refractivity contribution is 6.16. The fraction of sp³-hybridized carbons (Fsp3) is 0.357. The van der Waals surface area contributed by atoms with Crippen LogP contribution in [0.15, 0.2) is 42.2 Å². The average molecular weight is 489 g/mol. The predicted octanol–water partition coefficient (Wildman–Crippen LogP) is 4.81. The Morgan fingerprint density at radius 2 is 1.94 bits per heavy atom. The van der Waals surface area contributed by atoms with Crippen LogP contribution in [0.5, 0.6) is 11.5 Å². The zero-order valence-electron chi connectivity index (χ0n) is 21.0. The van der Waals surface area contributed by atoms with Gasteiger partial charge in [-0.15, -0.1) is 0 Å². The molecule has 0 spiro atoms. The number of rotatable bonds is 7. The van der Waals surface area contributed by atoms with Gasteiger partial charge in [-0.25, -0.2) is 4.79 Å². The number of urea groups is 1. The first kappa shape index (κ1) is 23.9. The minimum atomic E-state index is -0.348. The summed E-state index contributed by atoms with van der Waals surface area (Å²) < 4.78 is 13.8. The van der Waals surface area contributed by atoms with Crippen LogP contribution in [0.25, 0.3) is 17.0 Å². The Morgan fingerprint density at radius 1 is 1.14 bits per heavy atom. The number of likely N-dealkylation sites (tertiary alicyclic amines) is 1. The van der Waals surface area contributed by atoms with E-state index in [-0.39, 0.29) is 17.6 Å². The summed E-state index contributed by atoms with van der Waals surface area (Å²) in [5.74, 6) is 1.31. The van der Waals surface area contributed by atoms with Gasteiger partial charge in [0.2, 0.25) is 5.78 Å². The van der Waals surface area contributed by atoms with Gasteiger partial charge in [0, 0.05) is 41.4 Å². The number of ketones is 1. The maximum absolute atomic E-state index is 13.2. The number of aromatic nitrogens is 1. The van der Waals surface area contributed by atoms with E-state index >= 15 is 0 Å². The monoisotopic (exact) mass is 488 g/mol. The molecule has 2 amide bonds. The normalized spacial score (nSPS) is 16.4. The number of amides is 2. The molecule has 3 heterocycles. The standard InChI is InChI=1S/C28H32N4O4/c1-18-21(17-26-27(33)23-15-19(30-28(34)29-2)7-10-25(23)36-26)22-16-20(35-3)8-9-24(22)32(18)14-6-13-31-11-4-5-12-31/h7-10,15-17H,4-6,11-14H2,1-3H3,(H2,29,30,34). The number of methoxy groups -OCH3 is 1. The second-order valence-electron chi connectivity index (χ2n) is 9.29. The molecule has 8 nitrogen and oxygen atoms in total. The summed E-state index contributed by atoms with van der Waals surface area (Å²) in [6, 6.07) is 10.8. The third-order valence-corrected chi connectivity index (χ3v) is 7.06. The average Bonchev–Trinajstić information content (AvgIpc) is 3.58. The van der Waals surface area contributed by atoms with Crippen molar-refractivity contribution >= 4 is 34.5 Å². The number of hydrogen-bond donors (Lipinski definition) is 2. The first-order valence-corrected chi connectivity index (χ1v) is 12.4. The minimum Gasteiger partial charge on any atom is -0.497 e. The lowest BCUT2D eigenvalue weighted by Crippen LogP contribution is -2.24. The fourth-order valence-corrected chi connectivity index (χ4v) is 5.13. The van der Waals surface area contributed by atoms with Gasteiger partial charge in [0.25, 0.3) is 0 Å². The van der Waals surface area contributed by atoms with Gasteiger partial charge in [-0.2, -0.15) is 0 Å². The molecule has 36 heavy (non-hydrogen) atoms. The molecule has 1 saturated heterocycles. The highest BCUT2D eigenvalue weighted by atomic mass is 16.5. The summed E-state index contributed by atoms with van der Waals surface area (Å²) in [5, 5.41) is 6.23. The van der Waals surface area contributed by atoms with E-state index < -0.39 is 0 Å². The predicted molar refractivity (Wildman–Crippen MR) is 141 cm³/mol. The number of nitrogens with one attached hydrogen (secondary N) is 2. The quantitative estimate of drug-likeness (QED) is 0.466. The van der Waals surface area contributed by atoms with Crippen LogP contribution in [-0.2, 0) is 6.54 Å². The van der Waals surface area contributed by atoms with Crippen molar-refractivity contribution < 1.29 is 19.1 Å². The summed E-state index contributed by atoms with van der Waals surface area (Å²) >= 11 is 0. The number of anilines is 1. The Balaban J connectivity index is 1.46. The molecule has 0 bridgehead atoms. The Kier molecular flexibility index (Phi) is 6.69. The highest BCUT2D eigenvalue weighted by Crippen LogP contribution is 2.37. The number of benzene rings is 2. The molecule has 0 atom stereocenters. The molecule has 5 rings (SSSR count). The maximum atomic E-state index is 13.2. The van der Waals surface area contributed by atoms with Crippen LogP contribution < -0.4 is 20.1 Å². The Bertz CT molecular complexity index is 1350. The number of Topliss-reactive ketones (excluding diaryl/α,β-unsaturated/α-hetero) is 1. The third-order valence-electron chi connectivity index (χ3n) is 7.06. The Labute approximate surface area is 210 Å².